The monoisotopic (exact) mass is 375 g/mol. The molecule has 4 nitrogen and oxygen atoms in total. The van der Waals surface area contributed by atoms with Crippen molar-refractivity contribution < 1.29 is 4.79 Å². The largest absolute Gasteiger partial charge is 0.352 e. The topological polar surface area (TPSA) is 46.9 Å². The summed E-state index contributed by atoms with van der Waals surface area (Å²) in [5, 5.41) is 2.97. The second kappa shape index (κ2) is 10.5. The molecule has 1 heterocycles. The van der Waals surface area contributed by atoms with Gasteiger partial charge in [-0.1, -0.05) is 68.7 Å². The van der Waals surface area contributed by atoms with Crippen LogP contribution in [0.2, 0.25) is 0 Å². The molecule has 0 unspecified atom stereocenters. The predicted molar refractivity (Wildman–Crippen MR) is 116 cm³/mol. The number of nitrogens with one attached hydrogen (secondary N) is 1. The van der Waals surface area contributed by atoms with Crippen LogP contribution in [0.25, 0.3) is 17.1 Å². The van der Waals surface area contributed by atoms with Crippen molar-refractivity contribution >= 4 is 23.0 Å². The molecule has 4 heteroatoms. The highest BCUT2D eigenvalue weighted by atomic mass is 16.1. The first-order valence-corrected chi connectivity index (χ1v) is 10.2. The van der Waals surface area contributed by atoms with Gasteiger partial charge in [0, 0.05) is 25.6 Å². The lowest BCUT2D eigenvalue weighted by molar-refractivity contribution is -0.116. The Kier molecular flexibility index (Phi) is 7.42. The summed E-state index contributed by atoms with van der Waals surface area (Å²) in [6.07, 6.45) is 9.05. The molecule has 0 saturated heterocycles. The van der Waals surface area contributed by atoms with Crippen molar-refractivity contribution in [2.45, 2.75) is 45.6 Å². The second-order valence-electron chi connectivity index (χ2n) is 7.01. The summed E-state index contributed by atoms with van der Waals surface area (Å²) in [4.78, 5) is 16.9. The number of imidazole rings is 1. The third kappa shape index (κ3) is 5.56. The second-order valence-corrected chi connectivity index (χ2v) is 7.01. The maximum absolute atomic E-state index is 12.1. The van der Waals surface area contributed by atoms with Gasteiger partial charge in [0.2, 0.25) is 5.91 Å². The number of benzene rings is 2. The van der Waals surface area contributed by atoms with Gasteiger partial charge in [0.05, 0.1) is 11.0 Å². The molecule has 1 amide bonds. The zero-order chi connectivity index (χ0) is 19.6. The van der Waals surface area contributed by atoms with Crippen molar-refractivity contribution in [2.24, 2.45) is 0 Å². The van der Waals surface area contributed by atoms with E-state index in [9.17, 15) is 4.79 Å². The molecule has 0 aliphatic carbocycles. The Balaban J connectivity index is 1.58. The van der Waals surface area contributed by atoms with E-state index in [-0.39, 0.29) is 5.91 Å². The Labute approximate surface area is 167 Å². The Morgan fingerprint density at radius 2 is 1.82 bits per heavy atom. The highest BCUT2D eigenvalue weighted by molar-refractivity contribution is 5.91. The van der Waals surface area contributed by atoms with E-state index in [2.05, 4.69) is 35.0 Å². The molecule has 3 aromatic rings. The average molecular weight is 376 g/mol. The number of carbonyl (C=O) groups excluding carboxylic acids is 1. The van der Waals surface area contributed by atoms with E-state index in [1.807, 2.05) is 42.5 Å². The van der Waals surface area contributed by atoms with Crippen LogP contribution in [0.15, 0.2) is 60.7 Å². The fourth-order valence-corrected chi connectivity index (χ4v) is 3.35. The SMILES string of the molecule is CCCCCCn1c(CCNC(=O)/C=C/c2ccccc2)nc2ccccc21. The number of para-hydroxylation sites is 2. The molecule has 0 aliphatic rings. The minimum atomic E-state index is -0.0746. The maximum Gasteiger partial charge on any atom is 0.244 e. The summed E-state index contributed by atoms with van der Waals surface area (Å²) in [5.41, 5.74) is 3.24. The highest BCUT2D eigenvalue weighted by Crippen LogP contribution is 2.17. The fraction of sp³-hybridized carbons (Fsp3) is 0.333. The van der Waals surface area contributed by atoms with Crippen LogP contribution >= 0.6 is 0 Å². The first kappa shape index (κ1) is 19.9. The minimum absolute atomic E-state index is 0.0746. The van der Waals surface area contributed by atoms with Crippen molar-refractivity contribution in [3.8, 4) is 0 Å². The van der Waals surface area contributed by atoms with Crippen LogP contribution in [0.1, 0.15) is 44.0 Å². The zero-order valence-electron chi connectivity index (χ0n) is 16.6. The summed E-state index contributed by atoms with van der Waals surface area (Å²) in [7, 11) is 0. The molecule has 1 aromatic heterocycles. The van der Waals surface area contributed by atoms with Gasteiger partial charge >= 0.3 is 0 Å². The molecule has 1 N–H and O–H groups in total. The summed E-state index contributed by atoms with van der Waals surface area (Å²) in [5.74, 6) is 0.972. The van der Waals surface area contributed by atoms with Gasteiger partial charge < -0.3 is 9.88 Å². The molecule has 2 aromatic carbocycles. The lowest BCUT2D eigenvalue weighted by Gasteiger charge is -2.09. The van der Waals surface area contributed by atoms with Crippen LogP contribution in [0.4, 0.5) is 0 Å². The van der Waals surface area contributed by atoms with Crippen LogP contribution in [-0.4, -0.2) is 22.0 Å². The number of carbonyl (C=O) groups is 1. The number of rotatable bonds is 10. The highest BCUT2D eigenvalue weighted by Gasteiger charge is 2.10. The zero-order valence-corrected chi connectivity index (χ0v) is 16.6. The maximum atomic E-state index is 12.1. The normalized spacial score (nSPS) is 11.3. The van der Waals surface area contributed by atoms with Gasteiger partial charge in [0.1, 0.15) is 5.82 Å². The van der Waals surface area contributed by atoms with Crippen LogP contribution in [0.5, 0.6) is 0 Å². The summed E-state index contributed by atoms with van der Waals surface area (Å²) < 4.78 is 2.32. The van der Waals surface area contributed by atoms with Crippen molar-refractivity contribution in [1.82, 2.24) is 14.9 Å². The van der Waals surface area contributed by atoms with Crippen molar-refractivity contribution in [1.29, 1.82) is 0 Å². The molecule has 0 aliphatic heterocycles. The number of hydrogen-bond donors (Lipinski definition) is 1. The van der Waals surface area contributed by atoms with Gasteiger partial charge in [-0.2, -0.15) is 0 Å². The molecule has 146 valence electrons. The van der Waals surface area contributed by atoms with E-state index in [0.717, 1.165) is 36.3 Å². The number of hydrogen-bond acceptors (Lipinski definition) is 2. The lowest BCUT2D eigenvalue weighted by Crippen LogP contribution is -2.24. The first-order chi connectivity index (χ1) is 13.8. The summed E-state index contributed by atoms with van der Waals surface area (Å²) in [6.45, 7) is 3.79. The quantitative estimate of drug-likeness (QED) is 0.401. The van der Waals surface area contributed by atoms with Crippen LogP contribution in [0.3, 0.4) is 0 Å². The molecule has 0 atom stereocenters. The third-order valence-corrected chi connectivity index (χ3v) is 4.84. The molecular weight excluding hydrogens is 346 g/mol. The van der Waals surface area contributed by atoms with Crippen molar-refractivity contribution in [3.05, 3.63) is 72.1 Å². The van der Waals surface area contributed by atoms with Crippen LogP contribution in [0, 0.1) is 0 Å². The predicted octanol–water partition coefficient (Wildman–Crippen LogP) is 4.99. The van der Waals surface area contributed by atoms with Crippen molar-refractivity contribution in [2.75, 3.05) is 6.54 Å². The number of aromatic nitrogens is 2. The molecular formula is C24H29N3O. The van der Waals surface area contributed by atoms with Gasteiger partial charge in [0.25, 0.3) is 0 Å². The fourth-order valence-electron chi connectivity index (χ4n) is 3.35. The van der Waals surface area contributed by atoms with Gasteiger partial charge in [0.15, 0.2) is 0 Å². The molecule has 3 rings (SSSR count). The molecule has 28 heavy (non-hydrogen) atoms. The van der Waals surface area contributed by atoms with Crippen LogP contribution < -0.4 is 5.32 Å². The first-order valence-electron chi connectivity index (χ1n) is 10.2. The average Bonchev–Trinajstić information content (AvgIpc) is 3.08. The number of aryl methyl sites for hydroxylation is 1. The minimum Gasteiger partial charge on any atom is -0.352 e. The number of amides is 1. The summed E-state index contributed by atoms with van der Waals surface area (Å²) in [6, 6.07) is 18.1. The molecule has 0 bridgehead atoms. The Morgan fingerprint density at radius 3 is 2.64 bits per heavy atom. The van der Waals surface area contributed by atoms with E-state index in [0.29, 0.717) is 6.54 Å². The summed E-state index contributed by atoms with van der Waals surface area (Å²) >= 11 is 0. The number of unbranched alkanes of at least 4 members (excludes halogenated alkanes) is 3. The van der Waals surface area contributed by atoms with Gasteiger partial charge in [-0.15, -0.1) is 0 Å². The molecule has 0 radical (unpaired) electrons. The van der Waals surface area contributed by atoms with Crippen molar-refractivity contribution in [3.63, 3.8) is 0 Å². The van der Waals surface area contributed by atoms with Gasteiger partial charge in [-0.3, -0.25) is 4.79 Å². The van der Waals surface area contributed by atoms with E-state index in [1.54, 1.807) is 6.08 Å². The van der Waals surface area contributed by atoms with E-state index < -0.39 is 0 Å². The van der Waals surface area contributed by atoms with Gasteiger partial charge in [-0.25, -0.2) is 4.98 Å². The molecule has 0 saturated carbocycles. The lowest BCUT2D eigenvalue weighted by atomic mass is 10.2. The Morgan fingerprint density at radius 1 is 1.04 bits per heavy atom. The van der Waals surface area contributed by atoms with Crippen LogP contribution in [-0.2, 0) is 17.8 Å². The van der Waals surface area contributed by atoms with E-state index in [1.165, 1.54) is 24.8 Å². The number of nitrogens with zero attached hydrogens (tertiary/aromatic N) is 2. The molecule has 0 spiro atoms. The smallest absolute Gasteiger partial charge is 0.244 e. The Bertz CT molecular complexity index is 912. The number of fused-ring (bicyclic) bond motifs is 1. The third-order valence-electron chi connectivity index (χ3n) is 4.84. The van der Waals surface area contributed by atoms with E-state index >= 15 is 0 Å². The van der Waals surface area contributed by atoms with E-state index in [4.69, 9.17) is 4.98 Å². The Hall–Kier alpha value is -2.88. The standard InChI is InChI=1S/C24H29N3O/c1-2-3-4-10-19-27-22-14-9-8-13-21(22)26-23(27)17-18-25-24(28)16-15-20-11-6-5-7-12-20/h5-9,11-16H,2-4,10,17-19H2,1H3,(H,25,28)/b16-15+. The van der Waals surface area contributed by atoms with Gasteiger partial charge in [-0.05, 0) is 30.2 Å². The molecule has 0 fully saturated rings.